The number of rotatable bonds is 6. The zero-order valence-electron chi connectivity index (χ0n) is 9.47. The van der Waals surface area contributed by atoms with Crippen LogP contribution in [0.1, 0.15) is 24.4 Å². The van der Waals surface area contributed by atoms with Crippen LogP contribution < -0.4 is 11.3 Å². The topological polar surface area (TPSA) is 47.3 Å². The zero-order chi connectivity index (χ0) is 12.8. The second kappa shape index (κ2) is 7.00. The van der Waals surface area contributed by atoms with Gasteiger partial charge in [-0.1, -0.05) is 6.07 Å². The van der Waals surface area contributed by atoms with Crippen molar-refractivity contribution >= 4 is 15.9 Å². The summed E-state index contributed by atoms with van der Waals surface area (Å²) in [6, 6.07) is 2.37. The summed E-state index contributed by atoms with van der Waals surface area (Å²) >= 11 is 3.04. The molecule has 0 fully saturated rings. The van der Waals surface area contributed by atoms with Gasteiger partial charge < -0.3 is 4.74 Å². The van der Waals surface area contributed by atoms with Crippen LogP contribution in [0, 0.1) is 11.6 Å². The second-order valence-electron chi connectivity index (χ2n) is 3.62. The van der Waals surface area contributed by atoms with Crippen LogP contribution in [0.4, 0.5) is 8.78 Å². The average molecular weight is 309 g/mol. The van der Waals surface area contributed by atoms with Crippen molar-refractivity contribution in [2.45, 2.75) is 18.9 Å². The quantitative estimate of drug-likeness (QED) is 0.367. The van der Waals surface area contributed by atoms with Crippen molar-refractivity contribution in [3.8, 4) is 0 Å². The molecule has 0 aliphatic rings. The highest BCUT2D eigenvalue weighted by Gasteiger charge is 2.17. The number of nitrogens with two attached hydrogens (primary N) is 1. The number of hydrazine groups is 1. The number of benzene rings is 1. The van der Waals surface area contributed by atoms with Crippen LogP contribution in [-0.4, -0.2) is 13.7 Å². The Morgan fingerprint density at radius 3 is 2.76 bits per heavy atom. The van der Waals surface area contributed by atoms with Gasteiger partial charge in [0.1, 0.15) is 0 Å². The first-order valence-corrected chi connectivity index (χ1v) is 5.99. The Morgan fingerprint density at radius 1 is 1.47 bits per heavy atom. The van der Waals surface area contributed by atoms with Gasteiger partial charge >= 0.3 is 0 Å². The van der Waals surface area contributed by atoms with E-state index in [9.17, 15) is 8.78 Å². The molecule has 1 aromatic rings. The van der Waals surface area contributed by atoms with Crippen LogP contribution in [0.2, 0.25) is 0 Å². The number of nitrogens with one attached hydrogen (secondary N) is 1. The largest absolute Gasteiger partial charge is 0.385 e. The predicted octanol–water partition coefficient (Wildman–Crippen LogP) is 2.66. The molecule has 1 rings (SSSR count). The molecule has 0 amide bonds. The van der Waals surface area contributed by atoms with E-state index in [0.717, 1.165) is 12.5 Å². The highest BCUT2D eigenvalue weighted by atomic mass is 79.9. The minimum Gasteiger partial charge on any atom is -0.385 e. The zero-order valence-corrected chi connectivity index (χ0v) is 11.1. The van der Waals surface area contributed by atoms with Crippen molar-refractivity contribution in [3.63, 3.8) is 0 Å². The molecule has 17 heavy (non-hydrogen) atoms. The molecule has 0 heterocycles. The normalized spacial score (nSPS) is 12.8. The number of methoxy groups -OCH3 is 1. The smallest absolute Gasteiger partial charge is 0.173 e. The first-order valence-electron chi connectivity index (χ1n) is 5.20. The van der Waals surface area contributed by atoms with Gasteiger partial charge in [0, 0.05) is 19.8 Å². The van der Waals surface area contributed by atoms with Gasteiger partial charge in [-0.05, 0) is 40.4 Å². The van der Waals surface area contributed by atoms with E-state index >= 15 is 0 Å². The molecule has 0 aliphatic heterocycles. The fourth-order valence-electron chi connectivity index (χ4n) is 1.57. The number of hydrogen-bond donors (Lipinski definition) is 2. The Morgan fingerprint density at radius 2 is 2.18 bits per heavy atom. The van der Waals surface area contributed by atoms with E-state index in [1.165, 1.54) is 6.07 Å². The van der Waals surface area contributed by atoms with Crippen LogP contribution in [0.3, 0.4) is 0 Å². The van der Waals surface area contributed by atoms with Gasteiger partial charge in [-0.3, -0.25) is 11.3 Å². The minimum absolute atomic E-state index is 0.109. The minimum atomic E-state index is -0.894. The van der Waals surface area contributed by atoms with Gasteiger partial charge in [0.25, 0.3) is 0 Å². The van der Waals surface area contributed by atoms with Crippen molar-refractivity contribution in [2.24, 2.45) is 5.84 Å². The van der Waals surface area contributed by atoms with Crippen LogP contribution >= 0.6 is 15.9 Å². The summed E-state index contributed by atoms with van der Waals surface area (Å²) in [5, 5.41) is 0. The molecule has 6 heteroatoms. The van der Waals surface area contributed by atoms with Crippen LogP contribution in [-0.2, 0) is 4.74 Å². The Hall–Kier alpha value is -0.560. The van der Waals surface area contributed by atoms with Crippen molar-refractivity contribution in [3.05, 3.63) is 33.8 Å². The maximum atomic E-state index is 13.4. The first-order chi connectivity index (χ1) is 8.11. The van der Waals surface area contributed by atoms with Gasteiger partial charge in [0.15, 0.2) is 11.6 Å². The Labute approximate surface area is 107 Å². The van der Waals surface area contributed by atoms with E-state index in [0.29, 0.717) is 18.6 Å². The van der Waals surface area contributed by atoms with Crippen LogP contribution in [0.25, 0.3) is 0 Å². The molecule has 3 N–H and O–H groups in total. The maximum Gasteiger partial charge on any atom is 0.173 e. The van der Waals surface area contributed by atoms with Gasteiger partial charge in [-0.25, -0.2) is 8.78 Å². The Balaban J connectivity index is 2.85. The predicted molar refractivity (Wildman–Crippen MR) is 65.2 cm³/mol. The second-order valence-corrected chi connectivity index (χ2v) is 4.41. The lowest BCUT2D eigenvalue weighted by atomic mass is 10.0. The first kappa shape index (κ1) is 14.5. The lowest BCUT2D eigenvalue weighted by Gasteiger charge is -2.18. The molecule has 1 atom stereocenters. The molecule has 0 spiro atoms. The lowest BCUT2D eigenvalue weighted by molar-refractivity contribution is 0.188. The van der Waals surface area contributed by atoms with Gasteiger partial charge in [-0.2, -0.15) is 0 Å². The highest BCUT2D eigenvalue weighted by Crippen LogP contribution is 2.29. The third-order valence-electron chi connectivity index (χ3n) is 2.48. The molecular weight excluding hydrogens is 294 g/mol. The van der Waals surface area contributed by atoms with E-state index in [1.54, 1.807) is 7.11 Å². The Kier molecular flexibility index (Phi) is 5.97. The van der Waals surface area contributed by atoms with E-state index in [4.69, 9.17) is 10.6 Å². The van der Waals surface area contributed by atoms with Crippen molar-refractivity contribution in [1.29, 1.82) is 0 Å². The molecule has 0 aliphatic carbocycles. The molecule has 0 radical (unpaired) electrons. The molecule has 3 nitrogen and oxygen atoms in total. The highest BCUT2D eigenvalue weighted by molar-refractivity contribution is 9.10. The molecule has 1 aromatic carbocycles. The molecule has 96 valence electrons. The molecule has 0 saturated heterocycles. The van der Waals surface area contributed by atoms with E-state index in [1.807, 2.05) is 0 Å². The van der Waals surface area contributed by atoms with Crippen molar-refractivity contribution in [2.75, 3.05) is 13.7 Å². The molecule has 0 aromatic heterocycles. The van der Waals surface area contributed by atoms with Crippen LogP contribution in [0.15, 0.2) is 16.6 Å². The third kappa shape index (κ3) is 3.70. The number of ether oxygens (including phenoxy) is 1. The van der Waals surface area contributed by atoms with E-state index < -0.39 is 11.6 Å². The average Bonchev–Trinajstić information content (AvgIpc) is 2.33. The SMILES string of the molecule is COCCCC(NN)c1ccc(F)c(F)c1Br. The van der Waals surface area contributed by atoms with Crippen molar-refractivity contribution in [1.82, 2.24) is 5.43 Å². The monoisotopic (exact) mass is 308 g/mol. The number of halogens is 3. The Bertz CT molecular complexity index is 377. The summed E-state index contributed by atoms with van der Waals surface area (Å²) in [5.74, 6) is 3.64. The van der Waals surface area contributed by atoms with E-state index in [-0.39, 0.29) is 10.5 Å². The summed E-state index contributed by atoms with van der Waals surface area (Å²) in [5.41, 5.74) is 3.19. The summed E-state index contributed by atoms with van der Waals surface area (Å²) in [7, 11) is 1.61. The molecule has 0 saturated carbocycles. The standard InChI is InChI=1S/C11H15BrF2N2O/c1-17-6-2-3-9(16-15)7-4-5-8(13)11(14)10(7)12/h4-5,9,16H,2-3,6,15H2,1H3. The van der Waals surface area contributed by atoms with Crippen LogP contribution in [0.5, 0.6) is 0 Å². The summed E-state index contributed by atoms with van der Waals surface area (Å²) < 4.78 is 31.4. The van der Waals surface area contributed by atoms with Gasteiger partial charge in [0.05, 0.1) is 4.47 Å². The summed E-state index contributed by atoms with van der Waals surface area (Å²) in [4.78, 5) is 0. The molecular formula is C11H15BrF2N2O. The van der Waals surface area contributed by atoms with Gasteiger partial charge in [-0.15, -0.1) is 0 Å². The molecule has 1 unspecified atom stereocenters. The summed E-state index contributed by atoms with van der Waals surface area (Å²) in [6.45, 7) is 0.597. The van der Waals surface area contributed by atoms with Crippen molar-refractivity contribution < 1.29 is 13.5 Å². The van der Waals surface area contributed by atoms with Gasteiger partial charge in [0.2, 0.25) is 0 Å². The fraction of sp³-hybridized carbons (Fsp3) is 0.455. The summed E-state index contributed by atoms with van der Waals surface area (Å²) in [6.07, 6.45) is 1.45. The lowest BCUT2D eigenvalue weighted by Crippen LogP contribution is -2.28. The maximum absolute atomic E-state index is 13.4. The number of hydrogen-bond acceptors (Lipinski definition) is 3. The fourth-order valence-corrected chi connectivity index (χ4v) is 2.17. The molecule has 0 bridgehead atoms. The third-order valence-corrected chi connectivity index (χ3v) is 3.29. The van der Waals surface area contributed by atoms with E-state index in [2.05, 4.69) is 21.4 Å².